The van der Waals surface area contributed by atoms with Gasteiger partial charge in [-0.15, -0.1) is 5.10 Å². The van der Waals surface area contributed by atoms with Crippen molar-refractivity contribution in [1.82, 2.24) is 20.0 Å². The molecule has 4 nitrogen and oxygen atoms in total. The van der Waals surface area contributed by atoms with Gasteiger partial charge in [-0.25, -0.2) is 9.67 Å². The molecular weight excluding hydrogens is 188 g/mol. The van der Waals surface area contributed by atoms with Gasteiger partial charge in [-0.2, -0.15) is 0 Å². The number of aromatic nitrogens is 4. The van der Waals surface area contributed by atoms with Crippen molar-refractivity contribution in [3.8, 4) is 0 Å². The molecule has 1 aliphatic carbocycles. The maximum atomic E-state index is 4.35. The third-order valence-corrected chi connectivity index (χ3v) is 3.15. The van der Waals surface area contributed by atoms with E-state index in [1.807, 2.05) is 23.0 Å². The highest BCUT2D eigenvalue weighted by molar-refractivity contribution is 5.68. The summed E-state index contributed by atoms with van der Waals surface area (Å²) in [7, 11) is 0. The van der Waals surface area contributed by atoms with Crippen molar-refractivity contribution in [3.05, 3.63) is 18.3 Å². The molecule has 15 heavy (non-hydrogen) atoms. The van der Waals surface area contributed by atoms with E-state index in [9.17, 15) is 0 Å². The molecule has 2 aromatic heterocycles. The molecule has 0 aliphatic heterocycles. The summed E-state index contributed by atoms with van der Waals surface area (Å²) in [6.45, 7) is 0. The summed E-state index contributed by atoms with van der Waals surface area (Å²) in [5, 5.41) is 8.37. The third kappa shape index (κ3) is 1.50. The first-order chi connectivity index (χ1) is 7.45. The molecule has 3 rings (SSSR count). The molecule has 0 aromatic carbocycles. The lowest BCUT2D eigenvalue weighted by Gasteiger charge is -2.21. The zero-order valence-corrected chi connectivity index (χ0v) is 8.63. The lowest BCUT2D eigenvalue weighted by atomic mass is 9.96. The monoisotopic (exact) mass is 202 g/mol. The SMILES string of the molecule is c1cnc2c(c1)nnn2C1CCCCC1. The Bertz CT molecular complexity index is 456. The zero-order chi connectivity index (χ0) is 10.1. The summed E-state index contributed by atoms with van der Waals surface area (Å²) < 4.78 is 2.01. The summed E-state index contributed by atoms with van der Waals surface area (Å²) in [5.41, 5.74) is 1.84. The first kappa shape index (κ1) is 8.83. The van der Waals surface area contributed by atoms with E-state index in [2.05, 4.69) is 15.3 Å². The van der Waals surface area contributed by atoms with Crippen LogP contribution in [0.15, 0.2) is 18.3 Å². The van der Waals surface area contributed by atoms with Crippen LogP contribution in [0.1, 0.15) is 38.1 Å². The van der Waals surface area contributed by atoms with E-state index < -0.39 is 0 Å². The maximum Gasteiger partial charge on any atom is 0.178 e. The number of pyridine rings is 1. The predicted octanol–water partition coefficient (Wildman–Crippen LogP) is 2.33. The number of hydrogen-bond acceptors (Lipinski definition) is 3. The van der Waals surface area contributed by atoms with Crippen LogP contribution in [0.2, 0.25) is 0 Å². The van der Waals surface area contributed by atoms with Crippen LogP contribution in [0.3, 0.4) is 0 Å². The van der Waals surface area contributed by atoms with Gasteiger partial charge in [0.15, 0.2) is 5.65 Å². The summed E-state index contributed by atoms with van der Waals surface area (Å²) in [4.78, 5) is 4.35. The molecule has 1 fully saturated rings. The van der Waals surface area contributed by atoms with Crippen LogP contribution in [0.5, 0.6) is 0 Å². The average Bonchev–Trinajstić information content (AvgIpc) is 2.74. The third-order valence-electron chi connectivity index (χ3n) is 3.15. The lowest BCUT2D eigenvalue weighted by molar-refractivity contribution is 0.330. The fourth-order valence-electron chi connectivity index (χ4n) is 2.35. The second kappa shape index (κ2) is 3.61. The summed E-state index contributed by atoms with van der Waals surface area (Å²) in [5.74, 6) is 0. The van der Waals surface area contributed by atoms with Crippen LogP contribution in [-0.4, -0.2) is 20.0 Å². The van der Waals surface area contributed by atoms with Crippen molar-refractivity contribution in [3.63, 3.8) is 0 Å². The molecule has 2 aromatic rings. The van der Waals surface area contributed by atoms with Crippen molar-refractivity contribution in [2.75, 3.05) is 0 Å². The zero-order valence-electron chi connectivity index (χ0n) is 8.63. The maximum absolute atomic E-state index is 4.35. The van der Waals surface area contributed by atoms with Crippen molar-refractivity contribution >= 4 is 11.2 Å². The Balaban J connectivity index is 2.02. The van der Waals surface area contributed by atoms with Gasteiger partial charge in [0, 0.05) is 6.20 Å². The van der Waals surface area contributed by atoms with Gasteiger partial charge >= 0.3 is 0 Å². The summed E-state index contributed by atoms with van der Waals surface area (Å²) in [6.07, 6.45) is 8.21. The smallest absolute Gasteiger partial charge is 0.178 e. The molecule has 0 amide bonds. The van der Waals surface area contributed by atoms with Gasteiger partial charge in [0.25, 0.3) is 0 Å². The Labute approximate surface area is 88.3 Å². The molecule has 1 saturated carbocycles. The van der Waals surface area contributed by atoms with E-state index in [0.717, 1.165) is 11.2 Å². The van der Waals surface area contributed by atoms with Crippen molar-refractivity contribution in [1.29, 1.82) is 0 Å². The minimum absolute atomic E-state index is 0.513. The van der Waals surface area contributed by atoms with Gasteiger partial charge in [-0.1, -0.05) is 24.5 Å². The highest BCUT2D eigenvalue weighted by Gasteiger charge is 2.18. The number of nitrogens with zero attached hydrogens (tertiary/aromatic N) is 4. The minimum atomic E-state index is 0.513. The molecule has 1 aliphatic rings. The second-order valence-electron chi connectivity index (χ2n) is 4.17. The molecule has 0 N–H and O–H groups in total. The van der Waals surface area contributed by atoms with E-state index in [-0.39, 0.29) is 0 Å². The van der Waals surface area contributed by atoms with E-state index >= 15 is 0 Å². The van der Waals surface area contributed by atoms with Gasteiger partial charge in [-0.3, -0.25) is 0 Å². The van der Waals surface area contributed by atoms with Crippen molar-refractivity contribution in [2.24, 2.45) is 0 Å². The van der Waals surface area contributed by atoms with Gasteiger partial charge in [0.2, 0.25) is 0 Å². The number of rotatable bonds is 1. The average molecular weight is 202 g/mol. The Kier molecular flexibility index (Phi) is 2.12. The standard InChI is InChI=1S/C11H14N4/c1-2-5-9(6-3-1)15-11-10(13-14-15)7-4-8-12-11/h4,7-9H,1-3,5-6H2. The van der Waals surface area contributed by atoms with E-state index in [4.69, 9.17) is 0 Å². The van der Waals surface area contributed by atoms with Crippen LogP contribution < -0.4 is 0 Å². The van der Waals surface area contributed by atoms with Crippen LogP contribution in [0, 0.1) is 0 Å². The molecule has 0 atom stereocenters. The highest BCUT2D eigenvalue weighted by Crippen LogP contribution is 2.28. The van der Waals surface area contributed by atoms with Crippen LogP contribution in [-0.2, 0) is 0 Å². The van der Waals surface area contributed by atoms with Crippen LogP contribution in [0.4, 0.5) is 0 Å². The summed E-state index contributed by atoms with van der Waals surface area (Å²) >= 11 is 0. The number of fused-ring (bicyclic) bond motifs is 1. The molecule has 2 heterocycles. The number of hydrogen-bond donors (Lipinski definition) is 0. The molecule has 4 heteroatoms. The highest BCUT2D eigenvalue weighted by atomic mass is 15.4. The van der Waals surface area contributed by atoms with Gasteiger partial charge in [0.1, 0.15) is 5.52 Å². The van der Waals surface area contributed by atoms with Gasteiger partial charge in [0.05, 0.1) is 6.04 Å². The van der Waals surface area contributed by atoms with Crippen LogP contribution >= 0.6 is 0 Å². The van der Waals surface area contributed by atoms with Crippen LogP contribution in [0.25, 0.3) is 11.2 Å². The Morgan fingerprint density at radius 3 is 2.93 bits per heavy atom. The first-order valence-corrected chi connectivity index (χ1v) is 5.61. The van der Waals surface area contributed by atoms with Crippen molar-refractivity contribution < 1.29 is 0 Å². The minimum Gasteiger partial charge on any atom is -0.235 e. The predicted molar refractivity (Wildman–Crippen MR) is 57.4 cm³/mol. The fourth-order valence-corrected chi connectivity index (χ4v) is 2.35. The Morgan fingerprint density at radius 1 is 1.20 bits per heavy atom. The van der Waals surface area contributed by atoms with Gasteiger partial charge in [-0.05, 0) is 25.0 Å². The molecule has 78 valence electrons. The normalized spacial score (nSPS) is 18.4. The Hall–Kier alpha value is -1.45. The fraction of sp³-hybridized carbons (Fsp3) is 0.545. The molecule has 0 spiro atoms. The molecule has 0 unspecified atom stereocenters. The van der Waals surface area contributed by atoms with E-state index in [1.165, 1.54) is 32.1 Å². The van der Waals surface area contributed by atoms with Crippen molar-refractivity contribution in [2.45, 2.75) is 38.1 Å². The first-order valence-electron chi connectivity index (χ1n) is 5.61. The van der Waals surface area contributed by atoms with E-state index in [0.29, 0.717) is 6.04 Å². The quantitative estimate of drug-likeness (QED) is 0.712. The van der Waals surface area contributed by atoms with E-state index in [1.54, 1.807) is 0 Å². The topological polar surface area (TPSA) is 43.6 Å². The van der Waals surface area contributed by atoms with Gasteiger partial charge < -0.3 is 0 Å². The second-order valence-corrected chi connectivity index (χ2v) is 4.17. The Morgan fingerprint density at radius 2 is 2.07 bits per heavy atom. The summed E-state index contributed by atoms with van der Waals surface area (Å²) in [6, 6.07) is 4.38. The molecular formula is C11H14N4. The molecule has 0 bridgehead atoms. The molecule has 0 radical (unpaired) electrons. The largest absolute Gasteiger partial charge is 0.235 e. The lowest BCUT2D eigenvalue weighted by Crippen LogP contribution is -2.14. The molecule has 0 saturated heterocycles.